The minimum atomic E-state index is -0.498. The smallest absolute Gasteiger partial charge is 0.412 e. The van der Waals surface area contributed by atoms with Crippen molar-refractivity contribution in [2.75, 3.05) is 19.0 Å². The zero-order valence-electron chi connectivity index (χ0n) is 11.7. The topological polar surface area (TPSA) is 65.4 Å². The quantitative estimate of drug-likeness (QED) is 0.931. The number of hydrogen-bond donors (Lipinski definition) is 1. The summed E-state index contributed by atoms with van der Waals surface area (Å²) < 4.78 is 11.6. The number of benzene rings is 1. The van der Waals surface area contributed by atoms with Crippen LogP contribution in [-0.2, 0) is 4.74 Å². The highest BCUT2D eigenvalue weighted by atomic mass is 16.5. The Bertz CT molecular complexity index is 590. The molecule has 0 bridgehead atoms. The number of amides is 1. The molecule has 0 fully saturated rings. The molecule has 6 heteroatoms. The first kappa shape index (κ1) is 13.9. The van der Waals surface area contributed by atoms with Gasteiger partial charge in [-0.3, -0.25) is 5.32 Å². The second-order valence-electron chi connectivity index (χ2n) is 4.13. The van der Waals surface area contributed by atoms with Gasteiger partial charge in [-0.15, -0.1) is 0 Å². The van der Waals surface area contributed by atoms with Crippen molar-refractivity contribution in [3.8, 4) is 11.4 Å². The summed E-state index contributed by atoms with van der Waals surface area (Å²) in [6.45, 7) is 3.93. The van der Waals surface area contributed by atoms with Crippen LogP contribution in [0.2, 0.25) is 0 Å². The molecular formula is C14H17N3O3. The van der Waals surface area contributed by atoms with Crippen LogP contribution < -0.4 is 10.1 Å². The largest absolute Gasteiger partial charge is 0.497 e. The first-order valence-electron chi connectivity index (χ1n) is 6.29. The minimum absolute atomic E-state index is 0.321. The normalized spacial score (nSPS) is 10.2. The van der Waals surface area contributed by atoms with Gasteiger partial charge in [-0.05, 0) is 38.1 Å². The zero-order chi connectivity index (χ0) is 14.5. The van der Waals surface area contributed by atoms with Crippen molar-refractivity contribution in [1.29, 1.82) is 0 Å². The van der Waals surface area contributed by atoms with E-state index in [1.165, 1.54) is 0 Å². The molecule has 6 nitrogen and oxygen atoms in total. The van der Waals surface area contributed by atoms with E-state index < -0.39 is 6.09 Å². The highest BCUT2D eigenvalue weighted by molar-refractivity contribution is 5.83. The van der Waals surface area contributed by atoms with Gasteiger partial charge in [0.1, 0.15) is 11.6 Å². The fourth-order valence-electron chi connectivity index (χ4n) is 1.78. The molecule has 20 heavy (non-hydrogen) atoms. The Morgan fingerprint density at radius 1 is 1.35 bits per heavy atom. The summed E-state index contributed by atoms with van der Waals surface area (Å²) in [5, 5.41) is 7.02. The van der Waals surface area contributed by atoms with E-state index >= 15 is 0 Å². The number of carbonyl (C=O) groups is 1. The number of carbonyl (C=O) groups excluding carboxylic acids is 1. The maximum absolute atomic E-state index is 11.5. The second-order valence-corrected chi connectivity index (χ2v) is 4.13. The molecule has 0 saturated carbocycles. The van der Waals surface area contributed by atoms with Crippen LogP contribution in [0.4, 0.5) is 10.6 Å². The zero-order valence-corrected chi connectivity index (χ0v) is 11.7. The van der Waals surface area contributed by atoms with E-state index in [-0.39, 0.29) is 0 Å². The molecule has 1 N–H and O–H groups in total. The van der Waals surface area contributed by atoms with Crippen LogP contribution in [0.1, 0.15) is 12.6 Å². The SMILES string of the molecule is CCOC(=O)Nc1cc(C)nn1-c1ccc(OC)cc1. The summed E-state index contributed by atoms with van der Waals surface area (Å²) in [4.78, 5) is 11.5. The molecule has 2 aromatic rings. The van der Waals surface area contributed by atoms with Crippen molar-refractivity contribution in [2.24, 2.45) is 0 Å². The Labute approximate surface area is 117 Å². The number of anilines is 1. The molecule has 2 rings (SSSR count). The van der Waals surface area contributed by atoms with Crippen molar-refractivity contribution in [1.82, 2.24) is 9.78 Å². The molecule has 0 saturated heterocycles. The number of rotatable bonds is 4. The summed E-state index contributed by atoms with van der Waals surface area (Å²) in [7, 11) is 1.61. The molecular weight excluding hydrogens is 258 g/mol. The minimum Gasteiger partial charge on any atom is -0.497 e. The number of methoxy groups -OCH3 is 1. The molecule has 1 aromatic carbocycles. The van der Waals surface area contributed by atoms with Crippen molar-refractivity contribution in [3.05, 3.63) is 36.0 Å². The molecule has 0 unspecified atom stereocenters. The average molecular weight is 275 g/mol. The van der Waals surface area contributed by atoms with Gasteiger partial charge in [0.2, 0.25) is 0 Å². The third-order valence-electron chi connectivity index (χ3n) is 2.65. The molecule has 106 valence electrons. The third kappa shape index (κ3) is 3.09. The summed E-state index contributed by atoms with van der Waals surface area (Å²) in [6.07, 6.45) is -0.498. The standard InChI is InChI=1S/C14H17N3O3/c1-4-20-14(18)15-13-9-10(2)16-17(13)11-5-7-12(19-3)8-6-11/h5-9H,4H2,1-3H3,(H,15,18). The molecule has 0 radical (unpaired) electrons. The van der Waals surface area contributed by atoms with Gasteiger partial charge in [0.15, 0.2) is 0 Å². The van der Waals surface area contributed by atoms with Crippen LogP contribution >= 0.6 is 0 Å². The van der Waals surface area contributed by atoms with Gasteiger partial charge in [-0.25, -0.2) is 9.48 Å². The van der Waals surface area contributed by atoms with Crippen LogP contribution in [0.3, 0.4) is 0 Å². The van der Waals surface area contributed by atoms with Crippen molar-refractivity contribution in [2.45, 2.75) is 13.8 Å². The number of ether oxygens (including phenoxy) is 2. The molecule has 1 heterocycles. The molecule has 0 aliphatic heterocycles. The lowest BCUT2D eigenvalue weighted by molar-refractivity contribution is 0.167. The summed E-state index contributed by atoms with van der Waals surface area (Å²) in [6, 6.07) is 9.17. The number of aromatic nitrogens is 2. The lowest BCUT2D eigenvalue weighted by Crippen LogP contribution is -2.16. The van der Waals surface area contributed by atoms with Gasteiger partial charge < -0.3 is 9.47 Å². The van der Waals surface area contributed by atoms with Gasteiger partial charge in [-0.2, -0.15) is 5.10 Å². The van der Waals surface area contributed by atoms with Gasteiger partial charge in [0, 0.05) is 6.07 Å². The third-order valence-corrected chi connectivity index (χ3v) is 2.65. The highest BCUT2D eigenvalue weighted by Gasteiger charge is 2.11. The average Bonchev–Trinajstić information content (AvgIpc) is 2.80. The van der Waals surface area contributed by atoms with Gasteiger partial charge >= 0.3 is 6.09 Å². The van der Waals surface area contributed by atoms with Crippen LogP contribution in [0.15, 0.2) is 30.3 Å². The molecule has 0 aliphatic carbocycles. The van der Waals surface area contributed by atoms with E-state index in [0.717, 1.165) is 17.1 Å². The van der Waals surface area contributed by atoms with E-state index in [9.17, 15) is 4.79 Å². The maximum atomic E-state index is 11.5. The number of hydrogen-bond acceptors (Lipinski definition) is 4. The van der Waals surface area contributed by atoms with Crippen LogP contribution in [0.25, 0.3) is 5.69 Å². The van der Waals surface area contributed by atoms with Gasteiger partial charge in [-0.1, -0.05) is 0 Å². The monoisotopic (exact) mass is 275 g/mol. The fourth-order valence-corrected chi connectivity index (χ4v) is 1.78. The van der Waals surface area contributed by atoms with E-state index in [4.69, 9.17) is 9.47 Å². The van der Waals surface area contributed by atoms with E-state index in [0.29, 0.717) is 12.4 Å². The lowest BCUT2D eigenvalue weighted by atomic mass is 10.3. The van der Waals surface area contributed by atoms with Gasteiger partial charge in [0.25, 0.3) is 0 Å². The van der Waals surface area contributed by atoms with Crippen LogP contribution in [0.5, 0.6) is 5.75 Å². The van der Waals surface area contributed by atoms with E-state index in [2.05, 4.69) is 10.4 Å². The first-order valence-corrected chi connectivity index (χ1v) is 6.29. The molecule has 0 atom stereocenters. The van der Waals surface area contributed by atoms with Gasteiger partial charge in [0.05, 0.1) is 25.1 Å². The first-order chi connectivity index (χ1) is 9.63. The Kier molecular flexibility index (Phi) is 4.24. The molecule has 1 amide bonds. The predicted octanol–water partition coefficient (Wildman–Crippen LogP) is 2.76. The highest BCUT2D eigenvalue weighted by Crippen LogP contribution is 2.20. The molecule has 0 aliphatic rings. The Morgan fingerprint density at radius 2 is 2.05 bits per heavy atom. The molecule has 1 aromatic heterocycles. The number of nitrogens with one attached hydrogen (secondary N) is 1. The van der Waals surface area contributed by atoms with Crippen LogP contribution in [0, 0.1) is 6.92 Å². The Hall–Kier alpha value is -2.50. The fraction of sp³-hybridized carbons (Fsp3) is 0.286. The summed E-state index contributed by atoms with van der Waals surface area (Å²) in [5.74, 6) is 1.32. The predicted molar refractivity (Wildman–Crippen MR) is 75.5 cm³/mol. The lowest BCUT2D eigenvalue weighted by Gasteiger charge is -2.09. The van der Waals surface area contributed by atoms with Crippen molar-refractivity contribution < 1.29 is 14.3 Å². The number of aryl methyl sites for hydroxylation is 1. The van der Waals surface area contributed by atoms with Crippen molar-refractivity contribution >= 4 is 11.9 Å². The van der Waals surface area contributed by atoms with Crippen molar-refractivity contribution in [3.63, 3.8) is 0 Å². The summed E-state index contributed by atoms with van der Waals surface area (Å²) >= 11 is 0. The Morgan fingerprint density at radius 3 is 2.65 bits per heavy atom. The summed E-state index contributed by atoms with van der Waals surface area (Å²) in [5.41, 5.74) is 1.62. The maximum Gasteiger partial charge on any atom is 0.412 e. The molecule has 0 spiro atoms. The Balaban J connectivity index is 2.28. The van der Waals surface area contributed by atoms with Crippen LogP contribution in [-0.4, -0.2) is 29.6 Å². The number of nitrogens with zero attached hydrogens (tertiary/aromatic N) is 2. The van der Waals surface area contributed by atoms with E-state index in [1.807, 2.05) is 31.2 Å². The second kappa shape index (κ2) is 6.10. The van der Waals surface area contributed by atoms with E-state index in [1.54, 1.807) is 24.8 Å².